The lowest BCUT2D eigenvalue weighted by molar-refractivity contribution is -0.352. The Balaban J connectivity index is 0.980. The SMILES string of the molecule is C/C=C(\C)C(=O)O[C@@H]1C[C@H]2[C@@H](CC=C3C[C@H](O[C@H]4C[C@H](OC)[C@H](O[C@H]5C[C@H](OC)[C@H](O[C@H]6O[C@H](C)[C@H](O)[C@H](OC)[C@H]6O)[C@@H](C)O5)[C@@H](C)O4)CC[C@@]32C)[C@@]2(O)CC[C@H](C(C)=O)[C@@]12C. The highest BCUT2D eigenvalue weighted by atomic mass is 16.8. The summed E-state index contributed by atoms with van der Waals surface area (Å²) in [5.41, 5.74) is -0.439. The lowest BCUT2D eigenvalue weighted by atomic mass is 9.45. The van der Waals surface area contributed by atoms with E-state index in [4.69, 9.17) is 47.4 Å². The summed E-state index contributed by atoms with van der Waals surface area (Å²) in [6.07, 6.45) is 0.173. The van der Waals surface area contributed by atoms with E-state index in [2.05, 4.69) is 13.0 Å². The van der Waals surface area contributed by atoms with E-state index in [0.717, 1.165) is 19.3 Å². The molecule has 15 heteroatoms. The van der Waals surface area contributed by atoms with Gasteiger partial charge < -0.3 is 62.7 Å². The van der Waals surface area contributed by atoms with Crippen LogP contribution in [-0.2, 0) is 57.0 Å². The summed E-state index contributed by atoms with van der Waals surface area (Å²) in [5, 5.41) is 34.1. The molecule has 0 bridgehead atoms. The van der Waals surface area contributed by atoms with Crippen LogP contribution in [0.15, 0.2) is 23.3 Å². The molecule has 0 radical (unpaired) electrons. The molecule has 15 nitrogen and oxygen atoms in total. The number of rotatable bonds is 12. The van der Waals surface area contributed by atoms with Crippen molar-refractivity contribution < 1.29 is 72.3 Å². The minimum Gasteiger partial charge on any atom is -0.458 e. The predicted octanol–water partition coefficient (Wildman–Crippen LogP) is 4.69. The van der Waals surface area contributed by atoms with Gasteiger partial charge in [-0.3, -0.25) is 4.79 Å². The van der Waals surface area contributed by atoms with Crippen molar-refractivity contribution in [3.05, 3.63) is 23.3 Å². The van der Waals surface area contributed by atoms with E-state index in [-0.39, 0.29) is 41.2 Å². The predicted molar refractivity (Wildman–Crippen MR) is 223 cm³/mol. The fourth-order valence-electron chi connectivity index (χ4n) is 12.8. The standard InChI is InChI=1S/C47H74O15/c1-12-23(2)43(51)60-35-20-32-31(47(52)18-16-30(24(3)48)46(35,47)8)14-13-28-19-29(15-17-45(28,32)7)59-36-21-33(53-9)40(26(5)56-36)61-37-22-34(54-10)41(27(6)57-37)62-44-39(50)42(55-11)38(49)25(4)58-44/h12-13,25-27,29-42,44,49-50,52H,14-22H2,1-11H3/b23-12+/t25-,26-,27-,29-,30-,31-,32+,33+,34+,35-,36+,37+,38+,39-,40-,41-,42+,44-,45+,46+,47+/m1/s1. The van der Waals surface area contributed by atoms with E-state index in [1.165, 1.54) is 12.7 Å². The van der Waals surface area contributed by atoms with Crippen LogP contribution in [0, 0.1) is 28.6 Å². The first kappa shape index (κ1) is 48.1. The maximum Gasteiger partial charge on any atom is 0.333 e. The molecule has 0 aromatic heterocycles. The summed E-state index contributed by atoms with van der Waals surface area (Å²) in [6, 6.07) is 0. The Bertz CT molecular complexity index is 1670. The van der Waals surface area contributed by atoms with Gasteiger partial charge in [0.15, 0.2) is 18.9 Å². The number of methoxy groups -OCH3 is 3. The van der Waals surface area contributed by atoms with Crippen LogP contribution in [0.3, 0.4) is 0 Å². The molecule has 0 amide bonds. The number of Topliss-reactive ketones (excluding diaryl/α,β-unsaturated/α-hetero) is 1. The molecule has 4 aliphatic carbocycles. The summed E-state index contributed by atoms with van der Waals surface area (Å²) in [7, 11) is 4.68. The van der Waals surface area contributed by atoms with Gasteiger partial charge in [-0.15, -0.1) is 0 Å². The van der Waals surface area contributed by atoms with Gasteiger partial charge in [-0.1, -0.05) is 31.6 Å². The number of fused-ring (bicyclic) bond motifs is 5. The van der Waals surface area contributed by atoms with Gasteiger partial charge >= 0.3 is 5.97 Å². The lowest BCUT2D eigenvalue weighted by Gasteiger charge is -2.63. The van der Waals surface area contributed by atoms with Crippen LogP contribution in [0.2, 0.25) is 0 Å². The fourth-order valence-corrected chi connectivity index (χ4v) is 12.8. The summed E-state index contributed by atoms with van der Waals surface area (Å²) in [5.74, 6) is -0.727. The molecule has 0 aromatic carbocycles. The Morgan fingerprint density at radius 2 is 1.40 bits per heavy atom. The molecule has 352 valence electrons. The van der Waals surface area contributed by atoms with Crippen LogP contribution in [0.4, 0.5) is 0 Å². The highest BCUT2D eigenvalue weighted by Crippen LogP contribution is 2.68. The largest absolute Gasteiger partial charge is 0.458 e. The maximum atomic E-state index is 13.3. The minimum atomic E-state index is -1.22. The highest BCUT2D eigenvalue weighted by molar-refractivity contribution is 5.88. The highest BCUT2D eigenvalue weighted by Gasteiger charge is 2.71. The Kier molecular flexibility index (Phi) is 14.6. The molecule has 3 saturated heterocycles. The van der Waals surface area contributed by atoms with Gasteiger partial charge in [0, 0.05) is 51.1 Å². The molecule has 0 spiro atoms. The second-order valence-electron chi connectivity index (χ2n) is 19.8. The van der Waals surface area contributed by atoms with Crippen LogP contribution in [0.5, 0.6) is 0 Å². The summed E-state index contributed by atoms with van der Waals surface area (Å²) >= 11 is 0. The van der Waals surface area contributed by atoms with Crippen molar-refractivity contribution in [2.75, 3.05) is 21.3 Å². The summed E-state index contributed by atoms with van der Waals surface area (Å²) in [6.45, 7) is 15.0. The molecule has 21 atom stereocenters. The topological polar surface area (TPSA) is 187 Å². The Hall–Kier alpha value is -1.86. The molecule has 3 N–H and O–H groups in total. The van der Waals surface area contributed by atoms with Gasteiger partial charge in [-0.05, 0) is 104 Å². The number of hydrogen-bond acceptors (Lipinski definition) is 15. The van der Waals surface area contributed by atoms with Crippen molar-refractivity contribution in [2.45, 2.75) is 211 Å². The van der Waals surface area contributed by atoms with Crippen LogP contribution in [0.1, 0.15) is 113 Å². The third-order valence-corrected chi connectivity index (χ3v) is 16.6. The van der Waals surface area contributed by atoms with Crippen molar-refractivity contribution in [1.82, 2.24) is 0 Å². The summed E-state index contributed by atoms with van der Waals surface area (Å²) < 4.78 is 61.8. The van der Waals surface area contributed by atoms with Crippen LogP contribution in [0.25, 0.3) is 0 Å². The van der Waals surface area contributed by atoms with E-state index >= 15 is 0 Å². The second-order valence-corrected chi connectivity index (χ2v) is 19.8. The molecular weight excluding hydrogens is 805 g/mol. The van der Waals surface area contributed by atoms with Gasteiger partial charge in [0.1, 0.15) is 42.4 Å². The smallest absolute Gasteiger partial charge is 0.333 e. The molecule has 3 heterocycles. The lowest BCUT2D eigenvalue weighted by Crippen LogP contribution is -2.66. The average molecular weight is 879 g/mol. The third-order valence-electron chi connectivity index (χ3n) is 16.6. The number of allylic oxidation sites excluding steroid dienone is 2. The molecule has 3 aliphatic heterocycles. The van der Waals surface area contributed by atoms with Gasteiger partial charge in [-0.25, -0.2) is 4.79 Å². The second kappa shape index (κ2) is 18.8. The minimum absolute atomic E-state index is 0.0391. The van der Waals surface area contributed by atoms with Gasteiger partial charge in [0.05, 0.1) is 42.2 Å². The Morgan fingerprint density at radius 1 is 0.774 bits per heavy atom. The molecule has 62 heavy (non-hydrogen) atoms. The molecule has 7 aliphatic rings. The quantitative estimate of drug-likeness (QED) is 0.139. The number of esters is 1. The Labute approximate surface area is 367 Å². The molecule has 3 saturated carbocycles. The van der Waals surface area contributed by atoms with E-state index in [1.807, 2.05) is 27.7 Å². The number of hydrogen-bond donors (Lipinski definition) is 3. The number of aliphatic hydroxyl groups is 3. The first-order valence-corrected chi connectivity index (χ1v) is 23.0. The number of carbonyl (C=O) groups excluding carboxylic acids is 2. The van der Waals surface area contributed by atoms with Crippen molar-refractivity contribution in [3.8, 4) is 0 Å². The zero-order valence-corrected chi connectivity index (χ0v) is 38.7. The number of ketones is 1. The van der Waals surface area contributed by atoms with E-state index in [0.29, 0.717) is 44.1 Å². The normalized spacial score (nSPS) is 49.6. The van der Waals surface area contributed by atoms with Crippen molar-refractivity contribution in [1.29, 1.82) is 0 Å². The summed E-state index contributed by atoms with van der Waals surface area (Å²) in [4.78, 5) is 26.4. The van der Waals surface area contributed by atoms with E-state index < -0.39 is 96.9 Å². The fraction of sp³-hybridized carbons (Fsp3) is 0.872. The van der Waals surface area contributed by atoms with Crippen molar-refractivity contribution in [2.24, 2.45) is 28.6 Å². The first-order chi connectivity index (χ1) is 29.3. The third kappa shape index (κ3) is 8.42. The van der Waals surface area contributed by atoms with Gasteiger partial charge in [0.2, 0.25) is 0 Å². The first-order valence-electron chi connectivity index (χ1n) is 23.0. The Morgan fingerprint density at radius 3 is 2.00 bits per heavy atom. The van der Waals surface area contributed by atoms with E-state index in [9.17, 15) is 24.9 Å². The number of carbonyl (C=O) groups is 2. The molecular formula is C47H74O15. The van der Waals surface area contributed by atoms with Crippen LogP contribution >= 0.6 is 0 Å². The van der Waals surface area contributed by atoms with Crippen LogP contribution < -0.4 is 0 Å². The zero-order chi connectivity index (χ0) is 45.1. The molecule has 0 unspecified atom stereocenters. The number of ether oxygens (including phenoxy) is 10. The van der Waals surface area contributed by atoms with Crippen LogP contribution in [-0.4, -0.2) is 146 Å². The maximum absolute atomic E-state index is 13.3. The molecule has 6 fully saturated rings. The van der Waals surface area contributed by atoms with E-state index in [1.54, 1.807) is 41.1 Å². The molecule has 0 aromatic rings. The van der Waals surface area contributed by atoms with Gasteiger partial charge in [0.25, 0.3) is 0 Å². The van der Waals surface area contributed by atoms with Gasteiger partial charge in [-0.2, -0.15) is 0 Å². The number of aliphatic hydroxyl groups excluding tert-OH is 2. The van der Waals surface area contributed by atoms with Crippen molar-refractivity contribution >= 4 is 11.8 Å². The average Bonchev–Trinajstić information content (AvgIpc) is 3.53. The molecule has 7 rings (SSSR count). The zero-order valence-electron chi connectivity index (χ0n) is 38.7. The van der Waals surface area contributed by atoms with Crippen molar-refractivity contribution in [3.63, 3.8) is 0 Å². The monoisotopic (exact) mass is 879 g/mol.